The van der Waals surface area contributed by atoms with Crippen LogP contribution in [0.4, 0.5) is 0 Å². The van der Waals surface area contributed by atoms with Crippen molar-refractivity contribution in [1.29, 1.82) is 10.8 Å². The Morgan fingerprint density at radius 3 is 2.23 bits per heavy atom. The number of rotatable bonds is 7. The predicted molar refractivity (Wildman–Crippen MR) is 116 cm³/mol. The standard InChI is InChI=1S/C23H22N4O3/c1-29-23(28)20-10-14(13-30-18-7-3-6-17(12-18)22(26)27)8-9-19(20)15-4-2-5-16(11-15)21(24)25/h2-12H,13H2,1H3,(H3,24,25)(H3,26,27). The third kappa shape index (κ3) is 4.64. The number of nitrogens with two attached hydrogens (primary N) is 2. The van der Waals surface area contributed by atoms with Gasteiger partial charge in [0.15, 0.2) is 0 Å². The van der Waals surface area contributed by atoms with Crippen LogP contribution in [0, 0.1) is 10.8 Å². The van der Waals surface area contributed by atoms with E-state index >= 15 is 0 Å². The van der Waals surface area contributed by atoms with Gasteiger partial charge in [0.1, 0.15) is 24.0 Å². The van der Waals surface area contributed by atoms with Gasteiger partial charge in [-0.3, -0.25) is 10.8 Å². The van der Waals surface area contributed by atoms with Gasteiger partial charge in [-0.25, -0.2) is 4.79 Å². The van der Waals surface area contributed by atoms with Gasteiger partial charge >= 0.3 is 5.97 Å². The van der Waals surface area contributed by atoms with E-state index in [0.717, 1.165) is 11.1 Å². The smallest absolute Gasteiger partial charge is 0.338 e. The van der Waals surface area contributed by atoms with Crippen molar-refractivity contribution in [2.24, 2.45) is 11.5 Å². The fourth-order valence-electron chi connectivity index (χ4n) is 2.99. The van der Waals surface area contributed by atoms with E-state index in [1.54, 1.807) is 48.5 Å². The fraction of sp³-hybridized carbons (Fsp3) is 0.0870. The summed E-state index contributed by atoms with van der Waals surface area (Å²) in [7, 11) is 1.33. The third-order valence-corrected chi connectivity index (χ3v) is 4.52. The maximum absolute atomic E-state index is 12.4. The first kappa shape index (κ1) is 20.6. The van der Waals surface area contributed by atoms with Gasteiger partial charge in [-0.15, -0.1) is 0 Å². The zero-order valence-corrected chi connectivity index (χ0v) is 16.4. The average molecular weight is 402 g/mol. The molecule has 0 spiro atoms. The summed E-state index contributed by atoms with van der Waals surface area (Å²) in [5.41, 5.74) is 14.8. The van der Waals surface area contributed by atoms with E-state index in [-0.39, 0.29) is 18.3 Å². The Morgan fingerprint density at radius 1 is 0.900 bits per heavy atom. The Bertz CT molecular complexity index is 1120. The van der Waals surface area contributed by atoms with Crippen LogP contribution in [0.3, 0.4) is 0 Å². The molecule has 152 valence electrons. The van der Waals surface area contributed by atoms with Crippen molar-refractivity contribution in [3.05, 3.63) is 89.0 Å². The van der Waals surface area contributed by atoms with Crippen molar-refractivity contribution in [2.75, 3.05) is 7.11 Å². The number of benzene rings is 3. The van der Waals surface area contributed by atoms with Crippen molar-refractivity contribution < 1.29 is 14.3 Å². The largest absolute Gasteiger partial charge is 0.489 e. The second kappa shape index (κ2) is 8.91. The molecule has 30 heavy (non-hydrogen) atoms. The van der Waals surface area contributed by atoms with Crippen molar-refractivity contribution in [2.45, 2.75) is 6.61 Å². The Labute approximate surface area is 174 Å². The highest BCUT2D eigenvalue weighted by molar-refractivity contribution is 6.00. The molecule has 7 nitrogen and oxygen atoms in total. The predicted octanol–water partition coefficient (Wildman–Crippen LogP) is 3.29. The summed E-state index contributed by atoms with van der Waals surface area (Å²) in [5.74, 6) is 0.0130. The highest BCUT2D eigenvalue weighted by Crippen LogP contribution is 2.27. The van der Waals surface area contributed by atoms with Crippen molar-refractivity contribution >= 4 is 17.6 Å². The van der Waals surface area contributed by atoms with Gasteiger partial charge in [0.2, 0.25) is 0 Å². The van der Waals surface area contributed by atoms with Crippen LogP contribution >= 0.6 is 0 Å². The molecular formula is C23H22N4O3. The fourth-order valence-corrected chi connectivity index (χ4v) is 2.99. The number of ether oxygens (including phenoxy) is 2. The van der Waals surface area contributed by atoms with E-state index in [1.807, 2.05) is 18.2 Å². The van der Waals surface area contributed by atoms with Crippen LogP contribution in [-0.2, 0) is 11.3 Å². The lowest BCUT2D eigenvalue weighted by atomic mass is 9.96. The van der Waals surface area contributed by atoms with Gasteiger partial charge in [-0.2, -0.15) is 0 Å². The van der Waals surface area contributed by atoms with Gasteiger partial charge in [0.05, 0.1) is 12.7 Å². The van der Waals surface area contributed by atoms with E-state index in [4.69, 9.17) is 31.8 Å². The molecule has 0 aliphatic heterocycles. The van der Waals surface area contributed by atoms with E-state index < -0.39 is 5.97 Å². The molecule has 0 fully saturated rings. The molecular weight excluding hydrogens is 380 g/mol. The minimum absolute atomic E-state index is 0.0365. The first-order chi connectivity index (χ1) is 14.4. The highest BCUT2D eigenvalue weighted by Gasteiger charge is 2.15. The number of nitrogens with one attached hydrogen (secondary N) is 2. The molecule has 0 radical (unpaired) electrons. The van der Waals surface area contributed by atoms with Gasteiger partial charge < -0.3 is 20.9 Å². The van der Waals surface area contributed by atoms with Gasteiger partial charge in [0, 0.05) is 11.1 Å². The number of amidine groups is 2. The van der Waals surface area contributed by atoms with E-state index in [0.29, 0.717) is 28.0 Å². The number of nitrogen functional groups attached to an aromatic ring is 2. The number of carbonyl (C=O) groups excluding carboxylic acids is 1. The quantitative estimate of drug-likeness (QED) is 0.273. The van der Waals surface area contributed by atoms with Crippen molar-refractivity contribution in [3.63, 3.8) is 0 Å². The molecule has 3 aromatic rings. The summed E-state index contributed by atoms with van der Waals surface area (Å²) in [6.45, 7) is 0.221. The highest BCUT2D eigenvalue weighted by atomic mass is 16.5. The minimum Gasteiger partial charge on any atom is -0.489 e. The molecule has 0 aliphatic carbocycles. The van der Waals surface area contributed by atoms with Crippen molar-refractivity contribution in [3.8, 4) is 16.9 Å². The number of hydrogen-bond donors (Lipinski definition) is 4. The lowest BCUT2D eigenvalue weighted by molar-refractivity contribution is 0.0601. The van der Waals surface area contributed by atoms with Crippen LogP contribution < -0.4 is 16.2 Å². The van der Waals surface area contributed by atoms with Crippen LogP contribution in [0.2, 0.25) is 0 Å². The lowest BCUT2D eigenvalue weighted by Crippen LogP contribution is -2.11. The Balaban J connectivity index is 1.90. The number of esters is 1. The Hall–Kier alpha value is -4.13. The summed E-state index contributed by atoms with van der Waals surface area (Å²) in [4.78, 5) is 12.4. The zero-order chi connectivity index (χ0) is 21.7. The molecule has 0 aliphatic rings. The number of carbonyl (C=O) groups is 1. The van der Waals surface area contributed by atoms with E-state index in [9.17, 15) is 4.79 Å². The number of hydrogen-bond acceptors (Lipinski definition) is 5. The van der Waals surface area contributed by atoms with E-state index in [2.05, 4.69) is 0 Å². The van der Waals surface area contributed by atoms with Crippen LogP contribution in [0.15, 0.2) is 66.7 Å². The normalized spacial score (nSPS) is 10.3. The van der Waals surface area contributed by atoms with Crippen LogP contribution in [0.1, 0.15) is 27.0 Å². The maximum atomic E-state index is 12.4. The molecule has 3 rings (SSSR count). The maximum Gasteiger partial charge on any atom is 0.338 e. The second-order valence-corrected chi connectivity index (χ2v) is 6.60. The summed E-state index contributed by atoms with van der Waals surface area (Å²) in [5, 5.41) is 15.2. The Kier molecular flexibility index (Phi) is 6.12. The monoisotopic (exact) mass is 402 g/mol. The minimum atomic E-state index is -0.473. The third-order valence-electron chi connectivity index (χ3n) is 4.52. The molecule has 6 N–H and O–H groups in total. The zero-order valence-electron chi connectivity index (χ0n) is 16.4. The first-order valence-corrected chi connectivity index (χ1v) is 9.12. The molecule has 0 saturated carbocycles. The summed E-state index contributed by atoms with van der Waals surface area (Å²) < 4.78 is 10.8. The van der Waals surface area contributed by atoms with Crippen LogP contribution in [0.5, 0.6) is 5.75 Å². The second-order valence-electron chi connectivity index (χ2n) is 6.60. The molecule has 0 heterocycles. The summed E-state index contributed by atoms with van der Waals surface area (Å²) in [6, 6.07) is 19.5. The molecule has 3 aromatic carbocycles. The molecule has 0 amide bonds. The molecule has 0 bridgehead atoms. The Morgan fingerprint density at radius 2 is 1.57 bits per heavy atom. The molecule has 0 atom stereocenters. The summed E-state index contributed by atoms with van der Waals surface area (Å²) in [6.07, 6.45) is 0. The molecule has 7 heteroatoms. The van der Waals surface area contributed by atoms with Gasteiger partial charge in [-0.1, -0.05) is 42.5 Å². The average Bonchev–Trinajstić information content (AvgIpc) is 2.77. The van der Waals surface area contributed by atoms with Crippen molar-refractivity contribution in [1.82, 2.24) is 0 Å². The molecule has 0 aromatic heterocycles. The first-order valence-electron chi connectivity index (χ1n) is 9.12. The summed E-state index contributed by atoms with van der Waals surface area (Å²) >= 11 is 0. The van der Waals surface area contributed by atoms with Gasteiger partial charge in [0.25, 0.3) is 0 Å². The SMILES string of the molecule is COC(=O)c1cc(COc2cccc(C(=N)N)c2)ccc1-c1cccc(C(=N)N)c1. The lowest BCUT2D eigenvalue weighted by Gasteiger charge is -2.13. The topological polar surface area (TPSA) is 135 Å². The van der Waals surface area contributed by atoms with E-state index in [1.165, 1.54) is 7.11 Å². The van der Waals surface area contributed by atoms with Crippen LogP contribution in [0.25, 0.3) is 11.1 Å². The number of methoxy groups -OCH3 is 1. The molecule has 0 saturated heterocycles. The van der Waals surface area contributed by atoms with Crippen LogP contribution in [-0.4, -0.2) is 24.8 Å². The molecule has 0 unspecified atom stereocenters. The van der Waals surface area contributed by atoms with Gasteiger partial charge in [-0.05, 0) is 41.0 Å².